The van der Waals surface area contributed by atoms with Crippen molar-refractivity contribution < 1.29 is 19.4 Å². The van der Waals surface area contributed by atoms with Crippen LogP contribution in [-0.4, -0.2) is 54.2 Å². The van der Waals surface area contributed by atoms with Gasteiger partial charge < -0.3 is 20.9 Å². The number of likely N-dealkylation sites (tertiary alicyclic amines) is 1. The number of hydrogen-bond acceptors (Lipinski definition) is 5. The molecule has 1 aromatic rings. The largest absolute Gasteiger partial charge is 0.492 e. The lowest BCUT2D eigenvalue weighted by molar-refractivity contribution is -0.144. The molecule has 1 fully saturated rings. The zero-order chi connectivity index (χ0) is 24.5. The molecule has 1 atom stereocenters. The number of nitrogens with two attached hydrogens (primary N) is 1. The summed E-state index contributed by atoms with van der Waals surface area (Å²) in [5.74, 6) is -0.0491. The van der Waals surface area contributed by atoms with Crippen LogP contribution in [0.25, 0.3) is 0 Å². The van der Waals surface area contributed by atoms with Crippen LogP contribution in [0.2, 0.25) is 5.02 Å². The first kappa shape index (κ1) is 26.6. The van der Waals surface area contributed by atoms with Gasteiger partial charge in [-0.15, -0.1) is 0 Å². The van der Waals surface area contributed by atoms with Gasteiger partial charge >= 0.3 is 5.97 Å². The Morgan fingerprint density at radius 1 is 1.21 bits per heavy atom. The summed E-state index contributed by atoms with van der Waals surface area (Å²) in [6, 6.07) is 1.18. The summed E-state index contributed by atoms with van der Waals surface area (Å²) in [5.41, 5.74) is 7.76. The number of nitrogens with one attached hydrogen (secondary N) is 1. The van der Waals surface area contributed by atoms with E-state index in [2.05, 4.69) is 17.1 Å². The number of benzene rings is 1. The number of halogens is 1. The third-order valence-electron chi connectivity index (χ3n) is 7.22. The van der Waals surface area contributed by atoms with Gasteiger partial charge in [-0.3, -0.25) is 14.5 Å². The molecule has 8 heteroatoms. The maximum atomic E-state index is 12.8. The number of fused-ring (bicyclic) bond motifs is 1. The van der Waals surface area contributed by atoms with Crippen LogP contribution in [0.15, 0.2) is 6.07 Å². The molecule has 2 aliphatic rings. The van der Waals surface area contributed by atoms with Crippen molar-refractivity contribution in [1.29, 1.82) is 0 Å². The number of carboxylic acid groups (broad SMARTS) is 1. The summed E-state index contributed by atoms with van der Waals surface area (Å²) < 4.78 is 5.64. The molecule has 0 saturated carbocycles. The number of carbonyl (C=O) groups is 2. The van der Waals surface area contributed by atoms with E-state index < -0.39 is 12.0 Å². The lowest BCUT2D eigenvalue weighted by Crippen LogP contribution is -2.47. The highest BCUT2D eigenvalue weighted by Gasteiger charge is 2.30. The molecule has 2 aliphatic heterocycles. The van der Waals surface area contributed by atoms with Crippen LogP contribution in [0.4, 0.5) is 5.69 Å². The van der Waals surface area contributed by atoms with Crippen molar-refractivity contribution in [3.05, 3.63) is 22.2 Å². The molecule has 190 valence electrons. The molecule has 0 aliphatic carbocycles. The van der Waals surface area contributed by atoms with E-state index in [1.807, 2.05) is 0 Å². The molecule has 34 heavy (non-hydrogen) atoms. The molecule has 0 bridgehead atoms. The van der Waals surface area contributed by atoms with Gasteiger partial charge in [-0.05, 0) is 44.3 Å². The van der Waals surface area contributed by atoms with Crippen molar-refractivity contribution in [3.8, 4) is 5.75 Å². The number of aliphatic carboxylic acids is 1. The van der Waals surface area contributed by atoms with Crippen molar-refractivity contribution in [3.63, 3.8) is 0 Å². The topological polar surface area (TPSA) is 105 Å². The van der Waals surface area contributed by atoms with Gasteiger partial charge in [0.1, 0.15) is 11.8 Å². The second kappa shape index (κ2) is 13.2. The zero-order valence-electron chi connectivity index (χ0n) is 20.4. The lowest BCUT2D eigenvalue weighted by atomic mass is 9.94. The molecule has 1 amide bonds. The van der Waals surface area contributed by atoms with E-state index in [9.17, 15) is 14.7 Å². The van der Waals surface area contributed by atoms with Crippen LogP contribution in [-0.2, 0) is 11.2 Å². The summed E-state index contributed by atoms with van der Waals surface area (Å²) in [6.07, 6.45) is 11.5. The molecular weight excluding hydrogens is 454 g/mol. The van der Waals surface area contributed by atoms with Gasteiger partial charge in [-0.2, -0.15) is 0 Å². The molecule has 2 heterocycles. The van der Waals surface area contributed by atoms with Gasteiger partial charge in [0.15, 0.2) is 0 Å². The predicted molar refractivity (Wildman–Crippen MR) is 136 cm³/mol. The quantitative estimate of drug-likeness (QED) is 0.267. The van der Waals surface area contributed by atoms with Crippen molar-refractivity contribution in [2.75, 3.05) is 32.0 Å². The lowest BCUT2D eigenvalue weighted by Gasteiger charge is -2.35. The molecule has 0 aromatic heterocycles. The Kier molecular flexibility index (Phi) is 10.3. The van der Waals surface area contributed by atoms with Crippen LogP contribution in [0.3, 0.4) is 0 Å². The minimum atomic E-state index is -0.716. The Morgan fingerprint density at radius 2 is 1.88 bits per heavy atom. The third kappa shape index (κ3) is 7.01. The molecule has 1 saturated heterocycles. The summed E-state index contributed by atoms with van der Waals surface area (Å²) in [6.45, 7) is 4.77. The summed E-state index contributed by atoms with van der Waals surface area (Å²) in [4.78, 5) is 26.8. The molecule has 0 spiro atoms. The van der Waals surface area contributed by atoms with Gasteiger partial charge in [-0.25, -0.2) is 0 Å². The van der Waals surface area contributed by atoms with E-state index in [-0.39, 0.29) is 5.91 Å². The Hall–Kier alpha value is -1.99. The Labute approximate surface area is 208 Å². The SMILES string of the molecule is CCCCCCCCCC(C(=O)O)N1CCC(CNC(=O)c2cc(Cl)c(N)c3c2OCC3)CC1. The van der Waals surface area contributed by atoms with E-state index in [0.717, 1.165) is 44.3 Å². The Morgan fingerprint density at radius 3 is 2.56 bits per heavy atom. The molecule has 3 rings (SSSR count). The summed E-state index contributed by atoms with van der Waals surface area (Å²) in [5, 5.41) is 13.2. The highest BCUT2D eigenvalue weighted by atomic mass is 35.5. The Bertz CT molecular complexity index is 840. The number of piperidine rings is 1. The van der Waals surface area contributed by atoms with Crippen LogP contribution >= 0.6 is 11.6 Å². The third-order valence-corrected chi connectivity index (χ3v) is 7.54. The predicted octanol–water partition coefficient (Wildman–Crippen LogP) is 4.89. The van der Waals surface area contributed by atoms with E-state index in [4.69, 9.17) is 22.1 Å². The highest BCUT2D eigenvalue weighted by molar-refractivity contribution is 6.33. The fraction of sp³-hybridized carbons (Fsp3) is 0.692. The minimum absolute atomic E-state index is 0.204. The summed E-state index contributed by atoms with van der Waals surface area (Å²) in [7, 11) is 0. The van der Waals surface area contributed by atoms with Crippen LogP contribution in [0, 0.1) is 5.92 Å². The van der Waals surface area contributed by atoms with E-state index in [0.29, 0.717) is 53.9 Å². The average molecular weight is 494 g/mol. The van der Waals surface area contributed by atoms with Crippen molar-refractivity contribution in [1.82, 2.24) is 10.2 Å². The van der Waals surface area contributed by atoms with Crippen molar-refractivity contribution >= 4 is 29.2 Å². The van der Waals surface area contributed by atoms with Crippen LogP contribution in [0.5, 0.6) is 5.75 Å². The van der Waals surface area contributed by atoms with Gasteiger partial charge in [0.05, 0.1) is 22.9 Å². The average Bonchev–Trinajstić information content (AvgIpc) is 3.32. The number of nitrogen functional groups attached to an aromatic ring is 1. The first-order valence-electron chi connectivity index (χ1n) is 12.9. The molecule has 1 unspecified atom stereocenters. The normalized spacial score (nSPS) is 17.2. The second-order valence-electron chi connectivity index (χ2n) is 9.68. The maximum Gasteiger partial charge on any atom is 0.320 e. The van der Waals surface area contributed by atoms with E-state index in [1.54, 1.807) is 6.07 Å². The molecule has 0 radical (unpaired) electrons. The van der Waals surface area contributed by atoms with Crippen LogP contribution in [0.1, 0.15) is 87.1 Å². The van der Waals surface area contributed by atoms with Crippen molar-refractivity contribution in [2.45, 2.75) is 83.6 Å². The van der Waals surface area contributed by atoms with E-state index >= 15 is 0 Å². The number of amides is 1. The first-order valence-corrected chi connectivity index (χ1v) is 13.3. The summed E-state index contributed by atoms with van der Waals surface area (Å²) >= 11 is 6.22. The van der Waals surface area contributed by atoms with Gasteiger partial charge in [0.2, 0.25) is 0 Å². The number of anilines is 1. The highest BCUT2D eigenvalue weighted by Crippen LogP contribution is 2.38. The molecular formula is C26H40ClN3O4. The number of carboxylic acids is 1. The number of nitrogens with zero attached hydrogens (tertiary/aromatic N) is 1. The van der Waals surface area contributed by atoms with Crippen molar-refractivity contribution in [2.24, 2.45) is 5.92 Å². The van der Waals surface area contributed by atoms with Gasteiger partial charge in [-0.1, -0.05) is 63.5 Å². The smallest absolute Gasteiger partial charge is 0.320 e. The van der Waals surface area contributed by atoms with E-state index in [1.165, 1.54) is 32.1 Å². The van der Waals surface area contributed by atoms with Gasteiger partial charge in [0, 0.05) is 18.5 Å². The standard InChI is InChI=1S/C26H40ClN3O4/c1-2-3-4-5-6-7-8-9-22(26(32)33)30-13-10-18(11-14-30)17-29-25(31)20-16-21(27)23(28)19-12-15-34-24(19)20/h16,18,22H,2-15,17,28H2,1H3,(H,29,31)(H,32,33). The number of hydrogen-bond donors (Lipinski definition) is 3. The first-order chi connectivity index (χ1) is 16.4. The molecule has 1 aromatic carbocycles. The number of ether oxygens (including phenoxy) is 1. The fourth-order valence-electron chi connectivity index (χ4n) is 5.09. The molecule has 7 nitrogen and oxygen atoms in total. The van der Waals surface area contributed by atoms with Crippen LogP contribution < -0.4 is 15.8 Å². The molecule has 4 N–H and O–H groups in total. The fourth-order valence-corrected chi connectivity index (χ4v) is 5.32. The minimum Gasteiger partial charge on any atom is -0.492 e. The number of rotatable bonds is 13. The zero-order valence-corrected chi connectivity index (χ0v) is 21.2. The van der Waals surface area contributed by atoms with Gasteiger partial charge in [0.25, 0.3) is 5.91 Å². The number of unbranched alkanes of at least 4 members (excludes halogenated alkanes) is 6. The Balaban J connectivity index is 1.42. The second-order valence-corrected chi connectivity index (χ2v) is 10.1. The monoisotopic (exact) mass is 493 g/mol. The maximum absolute atomic E-state index is 12.8. The number of carbonyl (C=O) groups excluding carboxylic acids is 1.